The number of carbonyl (C=O) groups excluding carboxylic acids is 2. The van der Waals surface area contributed by atoms with Crippen LogP contribution in [0.5, 0.6) is 0 Å². The van der Waals surface area contributed by atoms with E-state index in [1.54, 1.807) is 36.4 Å². The first-order valence-corrected chi connectivity index (χ1v) is 8.59. The number of amides is 1. The van der Waals surface area contributed by atoms with Crippen LogP contribution in [0.4, 0.5) is 4.39 Å². The summed E-state index contributed by atoms with van der Waals surface area (Å²) in [5.74, 6) is -1.47. The van der Waals surface area contributed by atoms with Gasteiger partial charge in [0.1, 0.15) is 10.7 Å². The molecule has 0 radical (unpaired) electrons. The predicted molar refractivity (Wildman–Crippen MR) is 95.4 cm³/mol. The molecule has 3 rings (SSSR count). The van der Waals surface area contributed by atoms with Crippen molar-refractivity contribution in [3.05, 3.63) is 69.8 Å². The second-order valence-corrected chi connectivity index (χ2v) is 6.76. The van der Waals surface area contributed by atoms with Crippen molar-refractivity contribution in [2.45, 2.75) is 6.54 Å². The van der Waals surface area contributed by atoms with Crippen molar-refractivity contribution in [1.29, 1.82) is 0 Å². The number of fused-ring (bicyclic) bond motifs is 1. The van der Waals surface area contributed by atoms with Crippen molar-refractivity contribution in [3.8, 4) is 0 Å². The number of thiophene rings is 1. The molecule has 0 aliphatic rings. The molecule has 1 amide bonds. The standard InChI is InChI=1S/C18H13ClFNO3S/c19-12-6-4-11(5-7-12)9-21-17(22)10-24-18(23)16-8-13-14(20)2-1-3-15(13)25-16/h1-8H,9-10H2,(H,21,22). The monoisotopic (exact) mass is 377 g/mol. The van der Waals surface area contributed by atoms with Gasteiger partial charge in [0, 0.05) is 21.7 Å². The zero-order chi connectivity index (χ0) is 17.8. The van der Waals surface area contributed by atoms with Crippen LogP contribution in [-0.2, 0) is 16.1 Å². The van der Waals surface area contributed by atoms with E-state index >= 15 is 0 Å². The van der Waals surface area contributed by atoms with Gasteiger partial charge in [-0.25, -0.2) is 9.18 Å². The molecule has 0 aliphatic heterocycles. The first-order chi connectivity index (χ1) is 12.0. The van der Waals surface area contributed by atoms with Crippen molar-refractivity contribution >= 4 is 44.9 Å². The van der Waals surface area contributed by atoms with Gasteiger partial charge >= 0.3 is 5.97 Å². The Morgan fingerprint density at radius 3 is 2.64 bits per heavy atom. The lowest BCUT2D eigenvalue weighted by atomic mass is 10.2. The van der Waals surface area contributed by atoms with Gasteiger partial charge in [-0.2, -0.15) is 0 Å². The van der Waals surface area contributed by atoms with E-state index in [0.29, 0.717) is 21.7 Å². The van der Waals surface area contributed by atoms with Gasteiger partial charge in [-0.15, -0.1) is 11.3 Å². The van der Waals surface area contributed by atoms with E-state index in [0.717, 1.165) is 16.9 Å². The fourth-order valence-electron chi connectivity index (χ4n) is 2.18. The number of benzene rings is 2. The Kier molecular flexibility index (Phi) is 5.31. The second-order valence-electron chi connectivity index (χ2n) is 5.24. The Bertz CT molecular complexity index is 924. The lowest BCUT2D eigenvalue weighted by Gasteiger charge is -2.06. The topological polar surface area (TPSA) is 55.4 Å². The van der Waals surface area contributed by atoms with E-state index in [9.17, 15) is 14.0 Å². The molecule has 25 heavy (non-hydrogen) atoms. The number of halogens is 2. The third-order valence-electron chi connectivity index (χ3n) is 3.45. The van der Waals surface area contributed by atoms with E-state index in [-0.39, 0.29) is 4.88 Å². The highest BCUT2D eigenvalue weighted by molar-refractivity contribution is 7.20. The van der Waals surface area contributed by atoms with Crippen molar-refractivity contribution in [2.24, 2.45) is 0 Å². The predicted octanol–water partition coefficient (Wildman–Crippen LogP) is 4.17. The summed E-state index contributed by atoms with van der Waals surface area (Å²) in [7, 11) is 0. The number of hydrogen-bond acceptors (Lipinski definition) is 4. The Labute approximate surface area is 152 Å². The molecule has 1 aromatic heterocycles. The highest BCUT2D eigenvalue weighted by Crippen LogP contribution is 2.28. The molecule has 0 spiro atoms. The molecule has 7 heteroatoms. The summed E-state index contributed by atoms with van der Waals surface area (Å²) < 4.78 is 19.3. The zero-order valence-corrected chi connectivity index (χ0v) is 14.5. The fourth-order valence-corrected chi connectivity index (χ4v) is 3.28. The van der Waals surface area contributed by atoms with Crippen LogP contribution in [0.15, 0.2) is 48.5 Å². The third-order valence-corrected chi connectivity index (χ3v) is 4.78. The van der Waals surface area contributed by atoms with Crippen molar-refractivity contribution in [3.63, 3.8) is 0 Å². The van der Waals surface area contributed by atoms with Crippen molar-refractivity contribution in [1.82, 2.24) is 5.32 Å². The van der Waals surface area contributed by atoms with Crippen LogP contribution in [0.3, 0.4) is 0 Å². The van der Waals surface area contributed by atoms with Crippen molar-refractivity contribution < 1.29 is 18.7 Å². The van der Waals surface area contributed by atoms with E-state index in [2.05, 4.69) is 5.32 Å². The van der Waals surface area contributed by atoms with Crippen LogP contribution in [0.25, 0.3) is 10.1 Å². The highest BCUT2D eigenvalue weighted by atomic mass is 35.5. The number of nitrogens with one attached hydrogen (secondary N) is 1. The molecule has 0 saturated carbocycles. The van der Waals surface area contributed by atoms with Gasteiger partial charge in [0.25, 0.3) is 5.91 Å². The molecule has 0 aliphatic carbocycles. The summed E-state index contributed by atoms with van der Waals surface area (Å²) >= 11 is 6.91. The first-order valence-electron chi connectivity index (χ1n) is 7.39. The SMILES string of the molecule is O=C(COC(=O)c1cc2c(F)cccc2s1)NCc1ccc(Cl)cc1. The fraction of sp³-hybridized carbons (Fsp3) is 0.111. The maximum Gasteiger partial charge on any atom is 0.348 e. The molecule has 0 saturated heterocycles. The van der Waals surface area contributed by atoms with Gasteiger partial charge in [-0.1, -0.05) is 29.8 Å². The Morgan fingerprint density at radius 2 is 1.92 bits per heavy atom. The van der Waals surface area contributed by atoms with E-state index in [4.69, 9.17) is 16.3 Å². The molecule has 128 valence electrons. The molecule has 1 heterocycles. The third kappa shape index (κ3) is 4.35. The van der Waals surface area contributed by atoms with Crippen LogP contribution in [0.1, 0.15) is 15.2 Å². The van der Waals surface area contributed by atoms with Crippen molar-refractivity contribution in [2.75, 3.05) is 6.61 Å². The number of rotatable bonds is 5. The highest BCUT2D eigenvalue weighted by Gasteiger charge is 2.15. The molecule has 1 N–H and O–H groups in total. The Morgan fingerprint density at radius 1 is 1.16 bits per heavy atom. The molecule has 0 atom stereocenters. The number of esters is 1. The van der Waals surface area contributed by atoms with Crippen LogP contribution < -0.4 is 5.32 Å². The summed E-state index contributed by atoms with van der Waals surface area (Å²) in [6.07, 6.45) is 0. The van der Waals surface area contributed by atoms with Gasteiger partial charge in [-0.05, 0) is 35.9 Å². The van der Waals surface area contributed by atoms with Gasteiger partial charge in [0.15, 0.2) is 6.61 Å². The molecular weight excluding hydrogens is 365 g/mol. The first kappa shape index (κ1) is 17.4. The zero-order valence-electron chi connectivity index (χ0n) is 12.9. The Balaban J connectivity index is 1.53. The average molecular weight is 378 g/mol. The molecule has 3 aromatic rings. The molecule has 0 fully saturated rings. The number of hydrogen-bond donors (Lipinski definition) is 1. The second kappa shape index (κ2) is 7.63. The number of ether oxygens (including phenoxy) is 1. The summed E-state index contributed by atoms with van der Waals surface area (Å²) in [5, 5.41) is 3.63. The summed E-state index contributed by atoms with van der Waals surface area (Å²) in [6, 6.07) is 13.1. The largest absolute Gasteiger partial charge is 0.451 e. The Hall–Kier alpha value is -2.44. The normalized spacial score (nSPS) is 10.6. The minimum atomic E-state index is -0.651. The van der Waals surface area contributed by atoms with Crippen LogP contribution in [-0.4, -0.2) is 18.5 Å². The van der Waals surface area contributed by atoms with Crippen LogP contribution in [0.2, 0.25) is 5.02 Å². The lowest BCUT2D eigenvalue weighted by molar-refractivity contribution is -0.124. The van der Waals surface area contributed by atoms with Gasteiger partial charge in [0.2, 0.25) is 0 Å². The van der Waals surface area contributed by atoms with Gasteiger partial charge in [0.05, 0.1) is 0 Å². The van der Waals surface area contributed by atoms with Crippen LogP contribution in [0, 0.1) is 5.82 Å². The minimum Gasteiger partial charge on any atom is -0.451 e. The van der Waals surface area contributed by atoms with Crippen LogP contribution >= 0.6 is 22.9 Å². The maximum atomic E-state index is 13.6. The van der Waals surface area contributed by atoms with E-state index in [1.807, 2.05) is 0 Å². The average Bonchev–Trinajstić information content (AvgIpc) is 3.05. The summed E-state index contributed by atoms with van der Waals surface area (Å²) in [5.41, 5.74) is 0.879. The summed E-state index contributed by atoms with van der Waals surface area (Å²) in [6.45, 7) is -0.0925. The summed E-state index contributed by atoms with van der Waals surface area (Å²) in [4.78, 5) is 24.0. The number of carbonyl (C=O) groups is 2. The van der Waals surface area contributed by atoms with Gasteiger partial charge in [-0.3, -0.25) is 4.79 Å². The molecule has 4 nitrogen and oxygen atoms in total. The molecule has 0 bridgehead atoms. The minimum absolute atomic E-state index is 0.255. The molecule has 2 aromatic carbocycles. The lowest BCUT2D eigenvalue weighted by Crippen LogP contribution is -2.28. The van der Waals surface area contributed by atoms with E-state index in [1.165, 1.54) is 12.1 Å². The molecule has 0 unspecified atom stereocenters. The molecular formula is C18H13ClFNO3S. The van der Waals surface area contributed by atoms with Gasteiger partial charge < -0.3 is 10.1 Å². The maximum absolute atomic E-state index is 13.6. The van der Waals surface area contributed by atoms with E-state index < -0.39 is 24.3 Å². The quantitative estimate of drug-likeness (QED) is 0.679. The smallest absolute Gasteiger partial charge is 0.348 e.